The van der Waals surface area contributed by atoms with Crippen LogP contribution in [0.2, 0.25) is 0 Å². The molecule has 0 aliphatic heterocycles. The van der Waals surface area contributed by atoms with Crippen LogP contribution < -0.4 is 10.1 Å². The fourth-order valence-corrected chi connectivity index (χ4v) is 3.23. The molecule has 0 aromatic heterocycles. The van der Waals surface area contributed by atoms with Crippen LogP contribution in [0.15, 0.2) is 24.3 Å². The van der Waals surface area contributed by atoms with E-state index in [1.165, 1.54) is 18.4 Å². The molecule has 2 atom stereocenters. The summed E-state index contributed by atoms with van der Waals surface area (Å²) < 4.78 is 11.5. The van der Waals surface area contributed by atoms with Crippen molar-refractivity contribution in [3.63, 3.8) is 0 Å². The molecule has 1 aromatic carbocycles. The quantitative estimate of drug-likeness (QED) is 0.864. The summed E-state index contributed by atoms with van der Waals surface area (Å²) in [5, 5.41) is 3.31. The monoisotopic (exact) mass is 277 g/mol. The minimum Gasteiger partial charge on any atom is -0.497 e. The van der Waals surface area contributed by atoms with Crippen LogP contribution in [0.25, 0.3) is 0 Å². The molecule has 3 nitrogen and oxygen atoms in total. The predicted molar refractivity (Wildman–Crippen MR) is 82.1 cm³/mol. The van der Waals surface area contributed by atoms with Crippen LogP contribution in [-0.2, 0) is 11.3 Å². The molecule has 0 saturated heterocycles. The second-order valence-corrected chi connectivity index (χ2v) is 6.05. The van der Waals surface area contributed by atoms with Crippen LogP contribution in [0.1, 0.15) is 38.2 Å². The van der Waals surface area contributed by atoms with E-state index in [0.29, 0.717) is 6.61 Å². The van der Waals surface area contributed by atoms with Crippen molar-refractivity contribution in [3.8, 4) is 5.75 Å². The van der Waals surface area contributed by atoms with E-state index in [0.717, 1.165) is 31.1 Å². The molecule has 1 fully saturated rings. The summed E-state index contributed by atoms with van der Waals surface area (Å²) in [6.07, 6.45) is 4.92. The SMILES string of the molecule is CNCC1(OCc2ccc(OC)cc2)CCCC(C)C1. The van der Waals surface area contributed by atoms with E-state index in [9.17, 15) is 0 Å². The van der Waals surface area contributed by atoms with Gasteiger partial charge in [-0.05, 0) is 43.5 Å². The first-order chi connectivity index (χ1) is 9.67. The van der Waals surface area contributed by atoms with E-state index in [-0.39, 0.29) is 5.60 Å². The Hall–Kier alpha value is -1.06. The number of methoxy groups -OCH3 is 1. The highest BCUT2D eigenvalue weighted by Crippen LogP contribution is 2.35. The van der Waals surface area contributed by atoms with Crippen LogP contribution in [0.5, 0.6) is 5.75 Å². The van der Waals surface area contributed by atoms with Gasteiger partial charge in [-0.1, -0.05) is 31.9 Å². The molecular weight excluding hydrogens is 250 g/mol. The summed E-state index contributed by atoms with van der Waals surface area (Å²) in [6, 6.07) is 8.15. The van der Waals surface area contributed by atoms with Gasteiger partial charge in [0.05, 0.1) is 19.3 Å². The summed E-state index contributed by atoms with van der Waals surface area (Å²) in [5.74, 6) is 1.65. The van der Waals surface area contributed by atoms with Gasteiger partial charge in [0.1, 0.15) is 5.75 Å². The normalized spacial score (nSPS) is 26.4. The number of hydrogen-bond acceptors (Lipinski definition) is 3. The standard InChI is InChI=1S/C17H27NO2/c1-14-5-4-10-17(11-14,13-18-2)20-12-15-6-8-16(19-3)9-7-15/h6-9,14,18H,4-5,10-13H2,1-3H3. The van der Waals surface area contributed by atoms with Crippen molar-refractivity contribution in [1.82, 2.24) is 5.32 Å². The zero-order chi connectivity index (χ0) is 14.4. The summed E-state index contributed by atoms with van der Waals surface area (Å²) in [7, 11) is 3.70. The number of rotatable bonds is 6. The highest BCUT2D eigenvalue weighted by molar-refractivity contribution is 5.26. The van der Waals surface area contributed by atoms with E-state index in [2.05, 4.69) is 24.4 Å². The average Bonchev–Trinajstić information content (AvgIpc) is 2.46. The van der Waals surface area contributed by atoms with Gasteiger partial charge >= 0.3 is 0 Å². The van der Waals surface area contributed by atoms with Crippen molar-refractivity contribution in [3.05, 3.63) is 29.8 Å². The van der Waals surface area contributed by atoms with Crippen molar-refractivity contribution in [2.24, 2.45) is 5.92 Å². The second-order valence-electron chi connectivity index (χ2n) is 6.05. The zero-order valence-corrected chi connectivity index (χ0v) is 12.9. The fourth-order valence-electron chi connectivity index (χ4n) is 3.23. The van der Waals surface area contributed by atoms with Gasteiger partial charge in [0, 0.05) is 6.54 Å². The Bertz CT molecular complexity index is 400. The summed E-state index contributed by atoms with van der Waals surface area (Å²) in [4.78, 5) is 0. The zero-order valence-electron chi connectivity index (χ0n) is 12.9. The molecule has 20 heavy (non-hydrogen) atoms. The number of likely N-dealkylation sites (N-methyl/N-ethyl adjacent to an activating group) is 1. The van der Waals surface area contributed by atoms with Crippen molar-refractivity contribution < 1.29 is 9.47 Å². The molecule has 0 heterocycles. The van der Waals surface area contributed by atoms with Gasteiger partial charge in [0.25, 0.3) is 0 Å². The molecule has 0 spiro atoms. The van der Waals surface area contributed by atoms with Gasteiger partial charge < -0.3 is 14.8 Å². The highest BCUT2D eigenvalue weighted by atomic mass is 16.5. The van der Waals surface area contributed by atoms with Crippen LogP contribution >= 0.6 is 0 Å². The predicted octanol–water partition coefficient (Wildman–Crippen LogP) is 3.38. The molecule has 0 bridgehead atoms. The van der Waals surface area contributed by atoms with Crippen LogP contribution in [0.3, 0.4) is 0 Å². The van der Waals surface area contributed by atoms with Crippen LogP contribution in [0.4, 0.5) is 0 Å². The second kappa shape index (κ2) is 7.09. The molecule has 2 rings (SSSR count). The molecule has 0 amide bonds. The van der Waals surface area contributed by atoms with E-state index in [1.807, 2.05) is 19.2 Å². The van der Waals surface area contributed by atoms with E-state index in [4.69, 9.17) is 9.47 Å². The Balaban J connectivity index is 1.97. The lowest BCUT2D eigenvalue weighted by molar-refractivity contribution is -0.0880. The van der Waals surface area contributed by atoms with Gasteiger partial charge in [0.15, 0.2) is 0 Å². The number of nitrogens with one attached hydrogen (secondary N) is 1. The average molecular weight is 277 g/mol. The summed E-state index contributed by atoms with van der Waals surface area (Å²) >= 11 is 0. The Kier molecular flexibility index (Phi) is 5.44. The lowest BCUT2D eigenvalue weighted by Gasteiger charge is -2.40. The van der Waals surface area contributed by atoms with Gasteiger partial charge in [-0.15, -0.1) is 0 Å². The number of hydrogen-bond donors (Lipinski definition) is 1. The molecular formula is C17H27NO2. The first-order valence-corrected chi connectivity index (χ1v) is 7.59. The number of benzene rings is 1. The minimum atomic E-state index is 0.00629. The van der Waals surface area contributed by atoms with Gasteiger partial charge in [-0.3, -0.25) is 0 Å². The third kappa shape index (κ3) is 3.97. The highest BCUT2D eigenvalue weighted by Gasteiger charge is 2.35. The number of ether oxygens (including phenoxy) is 2. The molecule has 2 unspecified atom stereocenters. The third-order valence-electron chi connectivity index (χ3n) is 4.25. The van der Waals surface area contributed by atoms with Crippen molar-refractivity contribution in [1.29, 1.82) is 0 Å². The Morgan fingerprint density at radius 3 is 2.65 bits per heavy atom. The lowest BCUT2D eigenvalue weighted by Crippen LogP contribution is -2.45. The smallest absolute Gasteiger partial charge is 0.118 e. The lowest BCUT2D eigenvalue weighted by atomic mass is 9.78. The maximum Gasteiger partial charge on any atom is 0.118 e. The Morgan fingerprint density at radius 1 is 1.30 bits per heavy atom. The minimum absolute atomic E-state index is 0.00629. The van der Waals surface area contributed by atoms with E-state index >= 15 is 0 Å². The fraction of sp³-hybridized carbons (Fsp3) is 0.647. The molecule has 0 radical (unpaired) electrons. The van der Waals surface area contributed by atoms with Gasteiger partial charge in [0.2, 0.25) is 0 Å². The molecule has 3 heteroatoms. The first kappa shape index (κ1) is 15.3. The first-order valence-electron chi connectivity index (χ1n) is 7.59. The molecule has 1 N–H and O–H groups in total. The maximum absolute atomic E-state index is 6.34. The Labute approximate surface area is 122 Å². The van der Waals surface area contributed by atoms with Crippen LogP contribution in [-0.4, -0.2) is 26.3 Å². The molecule has 1 aliphatic rings. The molecule has 1 aromatic rings. The molecule has 1 saturated carbocycles. The van der Waals surface area contributed by atoms with Crippen molar-refractivity contribution in [2.45, 2.75) is 44.8 Å². The molecule has 1 aliphatic carbocycles. The van der Waals surface area contributed by atoms with E-state index in [1.54, 1.807) is 7.11 Å². The molecule has 112 valence electrons. The topological polar surface area (TPSA) is 30.5 Å². The van der Waals surface area contributed by atoms with Crippen molar-refractivity contribution in [2.75, 3.05) is 20.7 Å². The van der Waals surface area contributed by atoms with Crippen molar-refractivity contribution >= 4 is 0 Å². The van der Waals surface area contributed by atoms with Gasteiger partial charge in [-0.2, -0.15) is 0 Å². The van der Waals surface area contributed by atoms with E-state index < -0.39 is 0 Å². The van der Waals surface area contributed by atoms with Crippen LogP contribution in [0, 0.1) is 5.92 Å². The van der Waals surface area contributed by atoms with Gasteiger partial charge in [-0.25, -0.2) is 0 Å². The largest absolute Gasteiger partial charge is 0.497 e. The third-order valence-corrected chi connectivity index (χ3v) is 4.25. The Morgan fingerprint density at radius 2 is 2.05 bits per heavy atom. The summed E-state index contributed by atoms with van der Waals surface area (Å²) in [5.41, 5.74) is 1.21. The maximum atomic E-state index is 6.34. The summed E-state index contributed by atoms with van der Waals surface area (Å²) in [6.45, 7) is 3.95.